The fourth-order valence-corrected chi connectivity index (χ4v) is 0. The predicted octanol–water partition coefficient (Wildman–Crippen LogP) is -1.77. The largest absolute Gasteiger partial charge is 1.00 e. The van der Waals surface area contributed by atoms with Crippen molar-refractivity contribution in [1.82, 2.24) is 0 Å². The van der Waals surface area contributed by atoms with E-state index < -0.39 is 0 Å². The molecule has 0 heterocycles. The summed E-state index contributed by atoms with van der Waals surface area (Å²) < 4.78 is 0. The van der Waals surface area contributed by atoms with Crippen LogP contribution in [0.25, 0.3) is 5.73 Å². The van der Waals surface area contributed by atoms with E-state index in [2.05, 4.69) is 6.58 Å². The first kappa shape index (κ1) is 9.60. The zero-order valence-corrected chi connectivity index (χ0v) is 6.61. The Balaban J connectivity index is 0. The van der Waals surface area contributed by atoms with Crippen molar-refractivity contribution in [2.75, 3.05) is 6.54 Å². The predicted molar refractivity (Wildman–Crippen MR) is 19.4 cm³/mol. The summed E-state index contributed by atoms with van der Waals surface area (Å²) >= 11 is 0. The maximum atomic E-state index is 6.33. The van der Waals surface area contributed by atoms with Crippen LogP contribution in [0.3, 0.4) is 0 Å². The molecule has 2 heteroatoms. The third kappa shape index (κ3) is 10.9. The smallest absolute Gasteiger partial charge is 0.674 e. The SMILES string of the molecule is C=CC[NH-].[K+]. The van der Waals surface area contributed by atoms with Crippen molar-refractivity contribution in [3.05, 3.63) is 18.4 Å². The van der Waals surface area contributed by atoms with Gasteiger partial charge in [-0.15, -0.1) is 19.2 Å². The maximum absolute atomic E-state index is 6.33. The first-order chi connectivity index (χ1) is 1.91. The molecule has 0 radical (unpaired) electrons. The van der Waals surface area contributed by atoms with Crippen molar-refractivity contribution in [3.63, 3.8) is 0 Å². The van der Waals surface area contributed by atoms with E-state index in [9.17, 15) is 0 Å². The van der Waals surface area contributed by atoms with Crippen LogP contribution in [0.5, 0.6) is 0 Å². The standard InChI is InChI=1S/C3H6N.K/c1-2-3-4;/h2,4H,1,3H2;/q-1;+1. The van der Waals surface area contributed by atoms with E-state index in [1.165, 1.54) is 0 Å². The molecular weight excluding hydrogens is 89.1 g/mol. The van der Waals surface area contributed by atoms with Gasteiger partial charge in [0.25, 0.3) is 0 Å². The van der Waals surface area contributed by atoms with Crippen LogP contribution in [0.15, 0.2) is 12.7 Å². The van der Waals surface area contributed by atoms with Gasteiger partial charge in [-0.1, -0.05) is 0 Å². The Labute approximate surface area is 75.0 Å². The summed E-state index contributed by atoms with van der Waals surface area (Å²) in [5.74, 6) is 0. The summed E-state index contributed by atoms with van der Waals surface area (Å²) in [5, 5.41) is 0. The van der Waals surface area contributed by atoms with E-state index in [4.69, 9.17) is 5.73 Å². The molecule has 1 N–H and O–H groups in total. The molecule has 0 saturated carbocycles. The third-order valence-electron chi connectivity index (χ3n) is 0.144. The van der Waals surface area contributed by atoms with E-state index in [-0.39, 0.29) is 51.4 Å². The maximum Gasteiger partial charge on any atom is 1.00 e. The molecule has 0 atom stereocenters. The van der Waals surface area contributed by atoms with Gasteiger partial charge in [0.2, 0.25) is 0 Å². The molecule has 5 heavy (non-hydrogen) atoms. The van der Waals surface area contributed by atoms with Crippen LogP contribution in [-0.4, -0.2) is 6.54 Å². The van der Waals surface area contributed by atoms with E-state index in [1.807, 2.05) is 0 Å². The molecule has 0 aromatic heterocycles. The van der Waals surface area contributed by atoms with Crippen LogP contribution in [0.4, 0.5) is 0 Å². The van der Waals surface area contributed by atoms with Gasteiger partial charge in [0.15, 0.2) is 0 Å². The quantitative estimate of drug-likeness (QED) is 0.272. The Morgan fingerprint density at radius 3 is 2.00 bits per heavy atom. The molecule has 0 aromatic carbocycles. The second-order valence-electron chi connectivity index (χ2n) is 0.493. The third-order valence-corrected chi connectivity index (χ3v) is 0.144. The van der Waals surface area contributed by atoms with Gasteiger partial charge in [-0.05, 0) is 0 Å². The van der Waals surface area contributed by atoms with Crippen LogP contribution in [0.2, 0.25) is 0 Å². The van der Waals surface area contributed by atoms with E-state index in [0.717, 1.165) is 0 Å². The first-order valence-electron chi connectivity index (χ1n) is 1.17. The Hall–Kier alpha value is 1.34. The summed E-state index contributed by atoms with van der Waals surface area (Å²) in [7, 11) is 0. The number of nitrogens with one attached hydrogen (secondary N) is 1. The molecule has 0 aliphatic rings. The van der Waals surface area contributed by atoms with E-state index in [0.29, 0.717) is 6.54 Å². The second-order valence-corrected chi connectivity index (χ2v) is 0.493. The minimum Gasteiger partial charge on any atom is -0.674 e. The normalized spacial score (nSPS) is 5.00. The van der Waals surface area contributed by atoms with Crippen molar-refractivity contribution in [2.45, 2.75) is 0 Å². The molecule has 0 spiro atoms. The minimum absolute atomic E-state index is 0. The Kier molecular flexibility index (Phi) is 17.3. The van der Waals surface area contributed by atoms with Crippen LogP contribution < -0.4 is 51.4 Å². The number of hydrogen-bond acceptors (Lipinski definition) is 0. The Morgan fingerprint density at radius 2 is 2.00 bits per heavy atom. The molecule has 0 fully saturated rings. The molecule has 24 valence electrons. The van der Waals surface area contributed by atoms with Gasteiger partial charge in [0.05, 0.1) is 0 Å². The summed E-state index contributed by atoms with van der Waals surface area (Å²) in [5.41, 5.74) is 6.33. The van der Waals surface area contributed by atoms with Gasteiger partial charge in [-0.2, -0.15) is 0 Å². The summed E-state index contributed by atoms with van der Waals surface area (Å²) in [6.07, 6.45) is 1.54. The average molecular weight is 95.2 g/mol. The number of hydrogen-bond donors (Lipinski definition) is 0. The molecule has 0 aliphatic carbocycles. The summed E-state index contributed by atoms with van der Waals surface area (Å²) in [6.45, 7) is 3.62. The second kappa shape index (κ2) is 9.01. The van der Waals surface area contributed by atoms with Crippen molar-refractivity contribution in [3.8, 4) is 0 Å². The molecule has 0 unspecified atom stereocenters. The van der Waals surface area contributed by atoms with Gasteiger partial charge < -0.3 is 5.73 Å². The fourth-order valence-electron chi connectivity index (χ4n) is 0. The van der Waals surface area contributed by atoms with Crippen molar-refractivity contribution in [2.24, 2.45) is 0 Å². The monoisotopic (exact) mass is 95.0 g/mol. The molecule has 0 bridgehead atoms. The van der Waals surface area contributed by atoms with Gasteiger partial charge in [0.1, 0.15) is 0 Å². The van der Waals surface area contributed by atoms with E-state index >= 15 is 0 Å². The molecule has 0 amide bonds. The molecule has 1 nitrogen and oxygen atoms in total. The van der Waals surface area contributed by atoms with Crippen molar-refractivity contribution < 1.29 is 51.4 Å². The van der Waals surface area contributed by atoms with Gasteiger partial charge in [0, 0.05) is 0 Å². The van der Waals surface area contributed by atoms with Gasteiger partial charge >= 0.3 is 51.4 Å². The first-order valence-corrected chi connectivity index (χ1v) is 1.17. The van der Waals surface area contributed by atoms with Crippen LogP contribution >= 0.6 is 0 Å². The molecular formula is C3H6KN. The van der Waals surface area contributed by atoms with Gasteiger partial charge in [-0.25, -0.2) is 0 Å². The molecule has 0 saturated heterocycles. The molecule has 0 rings (SSSR count). The fraction of sp³-hybridized carbons (Fsp3) is 0.333. The minimum atomic E-state index is 0. The Morgan fingerprint density at radius 1 is 1.80 bits per heavy atom. The summed E-state index contributed by atoms with van der Waals surface area (Å²) in [6, 6.07) is 0. The summed E-state index contributed by atoms with van der Waals surface area (Å²) in [4.78, 5) is 0. The van der Waals surface area contributed by atoms with Crippen molar-refractivity contribution >= 4 is 0 Å². The topological polar surface area (TPSA) is 23.8 Å². The van der Waals surface area contributed by atoms with Crippen LogP contribution in [0, 0.1) is 0 Å². The molecule has 0 aromatic rings. The zero-order valence-electron chi connectivity index (χ0n) is 3.49. The van der Waals surface area contributed by atoms with Crippen LogP contribution in [-0.2, 0) is 0 Å². The Bertz CT molecular complexity index is 20.9. The van der Waals surface area contributed by atoms with Crippen molar-refractivity contribution in [1.29, 1.82) is 0 Å². The molecule has 0 aliphatic heterocycles. The van der Waals surface area contributed by atoms with Gasteiger partial charge in [-0.3, -0.25) is 0 Å². The van der Waals surface area contributed by atoms with Crippen LogP contribution in [0.1, 0.15) is 0 Å². The van der Waals surface area contributed by atoms with E-state index in [1.54, 1.807) is 6.08 Å². The zero-order chi connectivity index (χ0) is 3.41. The average Bonchev–Trinajstić information content (AvgIpc) is 1.37. The number of rotatable bonds is 1.